The third-order valence-corrected chi connectivity index (χ3v) is 3.70. The Balaban J connectivity index is 1.87. The Labute approximate surface area is 136 Å². The molecule has 0 bridgehead atoms. The zero-order valence-electron chi connectivity index (χ0n) is 13.6. The minimum absolute atomic E-state index is 0.589. The van der Waals surface area contributed by atoms with Gasteiger partial charge in [-0.05, 0) is 38.0 Å². The van der Waals surface area contributed by atoms with Crippen LogP contribution in [0.2, 0.25) is 0 Å². The van der Waals surface area contributed by atoms with Gasteiger partial charge in [0.25, 0.3) is 0 Å². The third kappa shape index (κ3) is 3.47. The van der Waals surface area contributed by atoms with E-state index in [-0.39, 0.29) is 0 Å². The fraction of sp³-hybridized carbons (Fsp3) is 0.316. The van der Waals surface area contributed by atoms with Crippen molar-refractivity contribution in [1.29, 1.82) is 0 Å². The van der Waals surface area contributed by atoms with Crippen LogP contribution in [0.25, 0.3) is 11.0 Å². The van der Waals surface area contributed by atoms with Gasteiger partial charge in [0, 0.05) is 6.42 Å². The smallest absolute Gasteiger partial charge is 0.189 e. The van der Waals surface area contributed by atoms with Crippen LogP contribution in [0.15, 0.2) is 42.5 Å². The Morgan fingerprint density at radius 3 is 2.43 bits per heavy atom. The molecule has 0 radical (unpaired) electrons. The van der Waals surface area contributed by atoms with Gasteiger partial charge in [0.1, 0.15) is 11.3 Å². The molecule has 3 rings (SSSR count). The number of hydrogen-bond donors (Lipinski definition) is 1. The standard InChI is InChI=1S/C19H22N2O2/c1-3-22-16-12-11-15-18(19(16)23-4-2)21-17(20-15)13-10-14-8-6-5-7-9-14/h5-9,11-12H,3-4,10,13H2,1-2H3,(H,20,21). The first-order valence-corrected chi connectivity index (χ1v) is 8.13. The second kappa shape index (κ2) is 7.18. The topological polar surface area (TPSA) is 47.1 Å². The van der Waals surface area contributed by atoms with Gasteiger partial charge in [-0.25, -0.2) is 4.98 Å². The summed E-state index contributed by atoms with van der Waals surface area (Å²) in [6.07, 6.45) is 1.83. The van der Waals surface area contributed by atoms with Crippen LogP contribution in [-0.4, -0.2) is 23.2 Å². The number of nitrogens with zero attached hydrogens (tertiary/aromatic N) is 1. The summed E-state index contributed by atoms with van der Waals surface area (Å²) < 4.78 is 11.4. The van der Waals surface area contributed by atoms with Crippen LogP contribution < -0.4 is 9.47 Å². The van der Waals surface area contributed by atoms with Gasteiger partial charge in [-0.1, -0.05) is 30.3 Å². The number of aryl methyl sites for hydroxylation is 2. The fourth-order valence-corrected chi connectivity index (χ4v) is 2.66. The van der Waals surface area contributed by atoms with Gasteiger partial charge in [0.15, 0.2) is 11.5 Å². The summed E-state index contributed by atoms with van der Waals surface area (Å²) >= 11 is 0. The van der Waals surface area contributed by atoms with Gasteiger partial charge in [0.05, 0.1) is 18.7 Å². The molecular weight excluding hydrogens is 288 g/mol. The van der Waals surface area contributed by atoms with Crippen LogP contribution >= 0.6 is 0 Å². The number of aromatic amines is 1. The first-order valence-electron chi connectivity index (χ1n) is 8.13. The second-order valence-corrected chi connectivity index (χ2v) is 5.32. The number of imidazole rings is 1. The molecule has 4 heteroatoms. The van der Waals surface area contributed by atoms with Crippen LogP contribution in [0.5, 0.6) is 11.5 Å². The third-order valence-electron chi connectivity index (χ3n) is 3.70. The largest absolute Gasteiger partial charge is 0.490 e. The van der Waals surface area contributed by atoms with E-state index >= 15 is 0 Å². The van der Waals surface area contributed by atoms with Crippen LogP contribution in [0.4, 0.5) is 0 Å². The fourth-order valence-electron chi connectivity index (χ4n) is 2.66. The summed E-state index contributed by atoms with van der Waals surface area (Å²) in [5.41, 5.74) is 3.15. The van der Waals surface area contributed by atoms with Gasteiger partial charge < -0.3 is 14.5 Å². The summed E-state index contributed by atoms with van der Waals surface area (Å²) in [4.78, 5) is 8.12. The summed E-state index contributed by atoms with van der Waals surface area (Å²) in [7, 11) is 0. The molecule has 0 aliphatic heterocycles. The van der Waals surface area contributed by atoms with Crippen molar-refractivity contribution in [2.24, 2.45) is 0 Å². The number of nitrogens with one attached hydrogen (secondary N) is 1. The molecule has 0 aliphatic rings. The van der Waals surface area contributed by atoms with E-state index in [9.17, 15) is 0 Å². The Morgan fingerprint density at radius 2 is 1.70 bits per heavy atom. The van der Waals surface area contributed by atoms with E-state index in [1.165, 1.54) is 5.56 Å². The maximum atomic E-state index is 5.77. The summed E-state index contributed by atoms with van der Waals surface area (Å²) in [5.74, 6) is 2.45. The van der Waals surface area contributed by atoms with Crippen LogP contribution in [0.1, 0.15) is 25.2 Å². The summed E-state index contributed by atoms with van der Waals surface area (Å²) in [6.45, 7) is 5.13. The van der Waals surface area contributed by atoms with E-state index in [2.05, 4.69) is 29.2 Å². The second-order valence-electron chi connectivity index (χ2n) is 5.32. The lowest BCUT2D eigenvalue weighted by molar-refractivity contribution is 0.290. The number of aromatic nitrogens is 2. The minimum atomic E-state index is 0.589. The van der Waals surface area contributed by atoms with Crippen molar-refractivity contribution in [3.63, 3.8) is 0 Å². The molecule has 0 unspecified atom stereocenters. The molecule has 1 N–H and O–H groups in total. The normalized spacial score (nSPS) is 10.9. The Morgan fingerprint density at radius 1 is 0.913 bits per heavy atom. The average Bonchev–Trinajstić information content (AvgIpc) is 3.00. The number of benzene rings is 2. The highest BCUT2D eigenvalue weighted by molar-refractivity contribution is 5.84. The molecule has 120 valence electrons. The van der Waals surface area contributed by atoms with Crippen molar-refractivity contribution >= 4 is 11.0 Å². The molecule has 2 aromatic carbocycles. The average molecular weight is 310 g/mol. The molecule has 1 aromatic heterocycles. The van der Waals surface area contributed by atoms with Crippen LogP contribution in [0.3, 0.4) is 0 Å². The number of H-pyrrole nitrogens is 1. The molecule has 0 atom stereocenters. The number of hydrogen-bond acceptors (Lipinski definition) is 3. The van der Waals surface area contributed by atoms with E-state index < -0.39 is 0 Å². The Kier molecular flexibility index (Phi) is 4.81. The molecule has 0 aliphatic carbocycles. The molecule has 0 saturated heterocycles. The lowest BCUT2D eigenvalue weighted by Crippen LogP contribution is -1.99. The zero-order valence-corrected chi connectivity index (χ0v) is 13.6. The van der Waals surface area contributed by atoms with E-state index in [0.29, 0.717) is 13.2 Å². The zero-order chi connectivity index (χ0) is 16.1. The summed E-state index contributed by atoms with van der Waals surface area (Å²) in [5, 5.41) is 0. The first-order chi connectivity index (χ1) is 11.3. The van der Waals surface area contributed by atoms with E-state index in [1.54, 1.807) is 0 Å². The lowest BCUT2D eigenvalue weighted by Gasteiger charge is -2.10. The first kappa shape index (κ1) is 15.4. The molecule has 0 amide bonds. The number of ether oxygens (including phenoxy) is 2. The van der Waals surface area contributed by atoms with Crippen molar-refractivity contribution < 1.29 is 9.47 Å². The van der Waals surface area contributed by atoms with Crippen molar-refractivity contribution in [3.8, 4) is 11.5 Å². The van der Waals surface area contributed by atoms with Crippen molar-refractivity contribution in [1.82, 2.24) is 9.97 Å². The van der Waals surface area contributed by atoms with Gasteiger partial charge >= 0.3 is 0 Å². The molecule has 0 saturated carbocycles. The number of fused-ring (bicyclic) bond motifs is 1. The maximum absolute atomic E-state index is 5.77. The van der Waals surface area contributed by atoms with Gasteiger partial charge in [0.2, 0.25) is 0 Å². The van der Waals surface area contributed by atoms with Crippen LogP contribution in [-0.2, 0) is 12.8 Å². The van der Waals surface area contributed by atoms with Crippen molar-refractivity contribution in [3.05, 3.63) is 53.9 Å². The predicted molar refractivity (Wildman–Crippen MR) is 92.3 cm³/mol. The SMILES string of the molecule is CCOc1ccc2[nH]c(CCc3ccccc3)nc2c1OCC. The van der Waals surface area contributed by atoms with Crippen molar-refractivity contribution in [2.75, 3.05) is 13.2 Å². The highest BCUT2D eigenvalue weighted by Gasteiger charge is 2.14. The van der Waals surface area contributed by atoms with Crippen molar-refractivity contribution in [2.45, 2.75) is 26.7 Å². The molecule has 1 heterocycles. The van der Waals surface area contributed by atoms with E-state index in [4.69, 9.17) is 14.5 Å². The van der Waals surface area contributed by atoms with Gasteiger partial charge in [-0.15, -0.1) is 0 Å². The molecule has 4 nitrogen and oxygen atoms in total. The lowest BCUT2D eigenvalue weighted by atomic mass is 10.1. The predicted octanol–water partition coefficient (Wildman–Crippen LogP) is 4.15. The monoisotopic (exact) mass is 310 g/mol. The van der Waals surface area contributed by atoms with E-state index in [1.807, 2.05) is 32.0 Å². The molecule has 0 fully saturated rings. The number of rotatable bonds is 7. The van der Waals surface area contributed by atoms with Gasteiger partial charge in [-0.2, -0.15) is 0 Å². The Bertz CT molecular complexity index is 766. The van der Waals surface area contributed by atoms with Crippen LogP contribution in [0, 0.1) is 0 Å². The minimum Gasteiger partial charge on any atom is -0.490 e. The Hall–Kier alpha value is -2.49. The molecule has 3 aromatic rings. The summed E-state index contributed by atoms with van der Waals surface area (Å²) in [6, 6.07) is 14.4. The molecule has 0 spiro atoms. The highest BCUT2D eigenvalue weighted by Crippen LogP contribution is 2.34. The maximum Gasteiger partial charge on any atom is 0.189 e. The quantitative estimate of drug-likeness (QED) is 0.713. The molecular formula is C19H22N2O2. The highest BCUT2D eigenvalue weighted by atomic mass is 16.5. The van der Waals surface area contributed by atoms with E-state index in [0.717, 1.165) is 41.2 Å². The molecule has 23 heavy (non-hydrogen) atoms. The van der Waals surface area contributed by atoms with Gasteiger partial charge in [-0.3, -0.25) is 0 Å².